The fourth-order valence-electron chi connectivity index (χ4n) is 5.32. The van der Waals surface area contributed by atoms with Crippen molar-refractivity contribution in [2.24, 2.45) is 0 Å². The monoisotopic (exact) mass is 746 g/mol. The molecule has 7 rings (SSSR count). The number of aromatic carboxylic acids is 1. The van der Waals surface area contributed by atoms with Crippen molar-refractivity contribution in [3.8, 4) is 22.4 Å². The van der Waals surface area contributed by atoms with Gasteiger partial charge in [0.2, 0.25) is 0 Å². The van der Waals surface area contributed by atoms with E-state index in [-0.39, 0.29) is 36.9 Å². The fraction of sp³-hybridized carbons (Fsp3) is 0.0286. The van der Waals surface area contributed by atoms with Gasteiger partial charge in [0, 0.05) is 44.0 Å². The molecule has 3 aromatic carbocycles. The minimum absolute atomic E-state index is 0. The molecule has 0 saturated carbocycles. The normalized spacial score (nSPS) is 14.4. The van der Waals surface area contributed by atoms with Gasteiger partial charge in [-0.2, -0.15) is 12.1 Å². The van der Waals surface area contributed by atoms with Crippen LogP contribution in [0.1, 0.15) is 33.0 Å². The summed E-state index contributed by atoms with van der Waals surface area (Å²) in [4.78, 5) is 23.4. The molecule has 0 aliphatic heterocycles. The maximum Gasteiger partial charge on any atom is 0.354 e. The number of benzene rings is 3. The molecule has 6 aromatic rings. The second-order valence-electron chi connectivity index (χ2n) is 9.41. The average molecular weight is 746 g/mol. The first-order chi connectivity index (χ1) is 20.5. The van der Waals surface area contributed by atoms with Crippen LogP contribution in [0.5, 0.6) is 0 Å². The predicted octanol–water partition coefficient (Wildman–Crippen LogP) is 7.16. The fourth-order valence-corrected chi connectivity index (χ4v) is 5.32. The van der Waals surface area contributed by atoms with Crippen molar-refractivity contribution in [2.45, 2.75) is 5.41 Å². The van der Waals surface area contributed by atoms with Crippen molar-refractivity contribution < 1.29 is 38.8 Å². The van der Waals surface area contributed by atoms with Crippen molar-refractivity contribution in [3.05, 3.63) is 174 Å². The van der Waals surface area contributed by atoms with Gasteiger partial charge in [-0.05, 0) is 53.2 Å². The Hall–Kier alpha value is -4.91. The van der Waals surface area contributed by atoms with E-state index in [1.165, 1.54) is 30.5 Å². The van der Waals surface area contributed by atoms with Gasteiger partial charge in [-0.1, -0.05) is 42.0 Å². The summed E-state index contributed by atoms with van der Waals surface area (Å²) in [6.07, 6.45) is 3.13. The summed E-state index contributed by atoms with van der Waals surface area (Å²) in [5.41, 5.74) is 3.27. The molecule has 1 atom stereocenters. The van der Waals surface area contributed by atoms with Gasteiger partial charge in [-0.3, -0.25) is 9.97 Å². The Morgan fingerprint density at radius 3 is 2.09 bits per heavy atom. The van der Waals surface area contributed by atoms with E-state index in [4.69, 9.17) is 10.1 Å². The molecule has 1 aliphatic rings. The van der Waals surface area contributed by atoms with Gasteiger partial charge in [-0.25, -0.2) is 18.6 Å². The third-order valence-electron chi connectivity index (χ3n) is 7.04. The number of halogens is 2. The zero-order valence-electron chi connectivity index (χ0n) is 22.3. The third-order valence-corrected chi connectivity index (χ3v) is 7.04. The molecule has 3 aromatic heterocycles. The van der Waals surface area contributed by atoms with Gasteiger partial charge in [0.25, 0.3) is 0 Å². The second-order valence-corrected chi connectivity index (χ2v) is 9.41. The van der Waals surface area contributed by atoms with Crippen LogP contribution in [0, 0.1) is 23.8 Å². The Morgan fingerprint density at radius 1 is 0.698 bits per heavy atom. The number of carbonyl (C=O) groups is 1. The number of rotatable bonds is 4. The van der Waals surface area contributed by atoms with E-state index >= 15 is 8.78 Å². The molecule has 1 radical (unpaired) electrons. The van der Waals surface area contributed by atoms with Gasteiger partial charge in [-0.15, -0.1) is 47.5 Å². The molecule has 5 nitrogen and oxygen atoms in total. The Bertz CT molecular complexity index is 1840. The molecule has 3 heterocycles. The third kappa shape index (κ3) is 5.27. The molecule has 0 bridgehead atoms. The molecule has 43 heavy (non-hydrogen) atoms. The van der Waals surface area contributed by atoms with Crippen LogP contribution >= 0.6 is 0 Å². The average Bonchev–Trinajstić information content (AvgIpc) is 3.36. The van der Waals surface area contributed by atoms with E-state index in [9.17, 15) is 4.79 Å². The maximum atomic E-state index is 15.2. The first-order valence-electron chi connectivity index (χ1n) is 13.0. The zero-order chi connectivity index (χ0) is 29.1. The number of carboxylic acids is 1. The van der Waals surface area contributed by atoms with E-state index < -0.39 is 23.0 Å². The summed E-state index contributed by atoms with van der Waals surface area (Å²) >= 11 is 0. The van der Waals surface area contributed by atoms with Crippen LogP contribution in [0.3, 0.4) is 0 Å². The molecule has 1 aliphatic carbocycles. The van der Waals surface area contributed by atoms with Gasteiger partial charge >= 0.3 is 5.97 Å². The standard InChI is InChI=1S/C29H16F2N2.C6H5NO2.Ir/c30-22-13-6-11-20-27(22)28-21(12-7-14-23(28)31)29(20,25-16-4-5-18-32-25)26-17-8-15-24(33-26)19-9-2-1-3-10-19;8-6(9)5-3-1-2-4-7-5;/h1-9,11,13-18H;1-4H,(H,8,9);/q-2;;/t29-;;/m0../s1. The number of carboxylic acid groups (broad SMARTS) is 1. The summed E-state index contributed by atoms with van der Waals surface area (Å²) in [7, 11) is 0. The van der Waals surface area contributed by atoms with Crippen LogP contribution in [-0.2, 0) is 25.5 Å². The summed E-state index contributed by atoms with van der Waals surface area (Å²) < 4.78 is 30.5. The van der Waals surface area contributed by atoms with Crippen LogP contribution in [-0.4, -0.2) is 26.0 Å². The van der Waals surface area contributed by atoms with Crippen molar-refractivity contribution in [1.82, 2.24) is 15.0 Å². The summed E-state index contributed by atoms with van der Waals surface area (Å²) in [6, 6.07) is 37.7. The van der Waals surface area contributed by atoms with E-state index in [1.54, 1.807) is 24.4 Å². The molecule has 0 fully saturated rings. The van der Waals surface area contributed by atoms with Crippen LogP contribution in [0.15, 0.2) is 122 Å². The Kier molecular flexibility index (Phi) is 8.62. The van der Waals surface area contributed by atoms with Crippen molar-refractivity contribution >= 4 is 5.97 Å². The first-order valence-corrected chi connectivity index (χ1v) is 13.0. The molecule has 0 spiro atoms. The van der Waals surface area contributed by atoms with Crippen LogP contribution in [0.4, 0.5) is 8.78 Å². The van der Waals surface area contributed by atoms with Gasteiger partial charge < -0.3 is 5.11 Å². The summed E-state index contributed by atoms with van der Waals surface area (Å²) in [5.74, 6) is -1.98. The number of pyridine rings is 3. The van der Waals surface area contributed by atoms with Gasteiger partial charge in [0.15, 0.2) is 0 Å². The minimum Gasteiger partial charge on any atom is -0.477 e. The number of fused-ring (bicyclic) bond motifs is 3. The van der Waals surface area contributed by atoms with E-state index in [0.717, 1.165) is 5.56 Å². The summed E-state index contributed by atoms with van der Waals surface area (Å²) in [6.45, 7) is 0. The maximum absolute atomic E-state index is 15.2. The van der Waals surface area contributed by atoms with Gasteiger partial charge in [0.05, 0.1) is 11.1 Å². The van der Waals surface area contributed by atoms with Crippen molar-refractivity contribution in [2.75, 3.05) is 0 Å². The first kappa shape index (κ1) is 29.6. The molecule has 0 amide bonds. The molecule has 0 unspecified atom stereocenters. The molecular formula is C35H21F2IrN3O2-2. The summed E-state index contributed by atoms with van der Waals surface area (Å²) in [5, 5.41) is 8.32. The van der Waals surface area contributed by atoms with Crippen LogP contribution in [0.2, 0.25) is 0 Å². The van der Waals surface area contributed by atoms with E-state index in [2.05, 4.69) is 22.1 Å². The minimum atomic E-state index is -1.12. The zero-order valence-corrected chi connectivity index (χ0v) is 24.7. The van der Waals surface area contributed by atoms with Crippen molar-refractivity contribution in [1.29, 1.82) is 0 Å². The van der Waals surface area contributed by atoms with Crippen LogP contribution < -0.4 is 0 Å². The number of hydrogen-bond donors (Lipinski definition) is 1. The number of nitrogens with zero attached hydrogens (tertiary/aromatic N) is 3. The predicted molar refractivity (Wildman–Crippen MR) is 154 cm³/mol. The van der Waals surface area contributed by atoms with E-state index in [0.29, 0.717) is 28.2 Å². The smallest absolute Gasteiger partial charge is 0.354 e. The number of hydrogen-bond acceptors (Lipinski definition) is 4. The molecule has 0 saturated heterocycles. The van der Waals surface area contributed by atoms with Crippen molar-refractivity contribution in [3.63, 3.8) is 0 Å². The molecule has 8 heteroatoms. The quantitative estimate of drug-likeness (QED) is 0.194. The SMILES string of the molecule is Fc1cc[c-]c2c1-c1c(F)cccc1[C@]2(c1ccccn1)c1cccc(-c2[c-]cccc2)n1.O=C(O)c1ccccn1.[Ir]. The molecule has 1 N–H and O–H groups in total. The Balaban J connectivity index is 0.000000318. The second kappa shape index (κ2) is 12.5. The Morgan fingerprint density at radius 2 is 1.42 bits per heavy atom. The largest absolute Gasteiger partial charge is 0.477 e. The number of aromatic nitrogens is 3. The molecular weight excluding hydrogens is 725 g/mol. The van der Waals surface area contributed by atoms with Gasteiger partial charge in [0.1, 0.15) is 11.5 Å². The molecule has 213 valence electrons. The Labute approximate surface area is 260 Å². The topological polar surface area (TPSA) is 76.0 Å². The van der Waals surface area contributed by atoms with Crippen LogP contribution in [0.25, 0.3) is 22.4 Å². The van der Waals surface area contributed by atoms with E-state index in [1.807, 2.05) is 66.7 Å².